The number of nitrogens with zero attached hydrogens (tertiary/aromatic N) is 5. The van der Waals surface area contributed by atoms with E-state index in [9.17, 15) is 9.18 Å². The maximum atomic E-state index is 14.2. The van der Waals surface area contributed by atoms with Crippen molar-refractivity contribution in [2.24, 2.45) is 7.05 Å². The number of halogens is 1. The van der Waals surface area contributed by atoms with E-state index in [4.69, 9.17) is 9.72 Å². The van der Waals surface area contributed by atoms with Crippen LogP contribution in [0.3, 0.4) is 0 Å². The van der Waals surface area contributed by atoms with E-state index in [0.29, 0.717) is 35.2 Å². The normalized spacial score (nSPS) is 14.5. The van der Waals surface area contributed by atoms with Crippen LogP contribution in [-0.4, -0.2) is 76.6 Å². The molecule has 1 aliphatic heterocycles. The van der Waals surface area contributed by atoms with E-state index in [1.165, 1.54) is 6.07 Å². The Morgan fingerprint density at radius 1 is 1.05 bits per heavy atom. The molecule has 1 saturated heterocycles. The van der Waals surface area contributed by atoms with E-state index in [0.717, 1.165) is 55.9 Å². The molecule has 4 aromatic rings. The number of fused-ring (bicyclic) bond motifs is 1. The number of piperazine rings is 1. The van der Waals surface area contributed by atoms with Crippen LogP contribution in [0.2, 0.25) is 0 Å². The molecule has 0 bridgehead atoms. The van der Waals surface area contributed by atoms with Crippen LogP contribution >= 0.6 is 0 Å². The van der Waals surface area contributed by atoms with E-state index in [1.807, 2.05) is 49.7 Å². The summed E-state index contributed by atoms with van der Waals surface area (Å²) in [7, 11) is 4.07. The Balaban J connectivity index is 0.00000253. The van der Waals surface area contributed by atoms with Gasteiger partial charge in [0, 0.05) is 66.6 Å². The van der Waals surface area contributed by atoms with Crippen LogP contribution in [0.4, 0.5) is 16.0 Å². The number of rotatable bonds is 10. The molecule has 41 heavy (non-hydrogen) atoms. The zero-order valence-electron chi connectivity index (χ0n) is 24.2. The standard InChI is InChI=1S/C31H38FN7O2.2H2/c1-21(2)25-18-22(6-8-26(25)32)35-31-36-27-19-23(7-9-29(27)38(31)4)41-24-10-12-33-28(20-24)30(40)34-11-5-13-39-16-14-37(3)15-17-39;;/h6-10,12,18-21H,5,11,13-17H2,1-4H3,(H,34,40)(H,35,36);2*1H. The van der Waals surface area contributed by atoms with Gasteiger partial charge in [-0.05, 0) is 67.9 Å². The van der Waals surface area contributed by atoms with Gasteiger partial charge in [-0.25, -0.2) is 9.37 Å². The van der Waals surface area contributed by atoms with Gasteiger partial charge < -0.3 is 29.7 Å². The first-order valence-electron chi connectivity index (χ1n) is 14.1. The molecule has 2 aromatic heterocycles. The number of carbonyl (C=O) groups excluding carboxylic acids is 1. The maximum absolute atomic E-state index is 14.2. The lowest BCUT2D eigenvalue weighted by atomic mass is 10.0. The van der Waals surface area contributed by atoms with Gasteiger partial charge in [0.1, 0.15) is 23.0 Å². The topological polar surface area (TPSA) is 87.6 Å². The molecule has 1 fully saturated rings. The Morgan fingerprint density at radius 3 is 2.61 bits per heavy atom. The molecule has 220 valence electrons. The molecule has 1 amide bonds. The average Bonchev–Trinajstić information content (AvgIpc) is 3.26. The molecule has 0 radical (unpaired) electrons. The van der Waals surface area contributed by atoms with E-state index < -0.39 is 0 Å². The van der Waals surface area contributed by atoms with Gasteiger partial charge in [-0.1, -0.05) is 13.8 Å². The molecule has 2 N–H and O–H groups in total. The summed E-state index contributed by atoms with van der Waals surface area (Å²) in [5.41, 5.74) is 3.39. The van der Waals surface area contributed by atoms with Crippen LogP contribution in [0.1, 0.15) is 45.1 Å². The summed E-state index contributed by atoms with van der Waals surface area (Å²) in [5.74, 6) is 1.39. The molecule has 3 heterocycles. The van der Waals surface area contributed by atoms with Crippen molar-refractivity contribution >= 4 is 28.6 Å². The monoisotopic (exact) mass is 563 g/mol. The highest BCUT2D eigenvalue weighted by molar-refractivity contribution is 5.92. The molecule has 9 nitrogen and oxygen atoms in total. The summed E-state index contributed by atoms with van der Waals surface area (Å²) in [6.45, 7) is 9.82. The minimum absolute atomic E-state index is 0. The predicted molar refractivity (Wildman–Crippen MR) is 164 cm³/mol. The molecule has 2 aromatic carbocycles. The fourth-order valence-corrected chi connectivity index (χ4v) is 4.95. The van der Waals surface area contributed by atoms with Gasteiger partial charge in [0.25, 0.3) is 5.91 Å². The summed E-state index contributed by atoms with van der Waals surface area (Å²) < 4.78 is 22.2. The number of ether oxygens (including phenoxy) is 1. The summed E-state index contributed by atoms with van der Waals surface area (Å²) in [6, 6.07) is 14.0. The van der Waals surface area contributed by atoms with E-state index in [2.05, 4.69) is 32.5 Å². The highest BCUT2D eigenvalue weighted by Crippen LogP contribution is 2.29. The number of pyridine rings is 1. The number of benzene rings is 2. The molecular weight excluding hydrogens is 521 g/mol. The third kappa shape index (κ3) is 7.01. The van der Waals surface area contributed by atoms with Crippen molar-refractivity contribution in [3.05, 3.63) is 71.8 Å². The summed E-state index contributed by atoms with van der Waals surface area (Å²) in [4.78, 5) is 26.4. The van der Waals surface area contributed by atoms with Gasteiger partial charge >= 0.3 is 0 Å². The Labute approximate surface area is 243 Å². The van der Waals surface area contributed by atoms with Gasteiger partial charge in [0.05, 0.1) is 11.0 Å². The van der Waals surface area contributed by atoms with Crippen molar-refractivity contribution in [1.82, 2.24) is 29.7 Å². The van der Waals surface area contributed by atoms with Crippen molar-refractivity contribution in [2.45, 2.75) is 26.2 Å². The Morgan fingerprint density at radius 2 is 1.83 bits per heavy atom. The molecule has 0 aliphatic carbocycles. The summed E-state index contributed by atoms with van der Waals surface area (Å²) in [6.07, 6.45) is 2.47. The number of anilines is 2. The first kappa shape index (κ1) is 28.5. The largest absolute Gasteiger partial charge is 0.457 e. The van der Waals surface area contributed by atoms with Crippen LogP contribution in [0.25, 0.3) is 11.0 Å². The second kappa shape index (κ2) is 12.7. The lowest BCUT2D eigenvalue weighted by Crippen LogP contribution is -2.45. The predicted octanol–water partition coefficient (Wildman–Crippen LogP) is 5.63. The molecule has 0 spiro atoms. The quantitative estimate of drug-likeness (QED) is 0.242. The molecule has 0 atom stereocenters. The second-order valence-corrected chi connectivity index (χ2v) is 10.9. The van der Waals surface area contributed by atoms with Crippen LogP contribution in [0.15, 0.2) is 54.7 Å². The fourth-order valence-electron chi connectivity index (χ4n) is 4.95. The lowest BCUT2D eigenvalue weighted by molar-refractivity contribution is 0.0944. The minimum Gasteiger partial charge on any atom is -0.457 e. The number of hydrogen-bond acceptors (Lipinski definition) is 7. The second-order valence-electron chi connectivity index (χ2n) is 10.9. The number of aryl methyl sites for hydroxylation is 1. The third-order valence-electron chi connectivity index (χ3n) is 7.46. The number of likely N-dealkylation sites (N-methyl/N-ethyl adjacent to an activating group) is 1. The highest BCUT2D eigenvalue weighted by Gasteiger charge is 2.15. The number of imidazole rings is 1. The van der Waals surface area contributed by atoms with E-state index in [-0.39, 0.29) is 20.5 Å². The minimum atomic E-state index is -0.217. The van der Waals surface area contributed by atoms with E-state index >= 15 is 0 Å². The van der Waals surface area contributed by atoms with Crippen molar-refractivity contribution in [3.63, 3.8) is 0 Å². The van der Waals surface area contributed by atoms with Gasteiger partial charge in [0.15, 0.2) is 0 Å². The van der Waals surface area contributed by atoms with Crippen LogP contribution < -0.4 is 15.4 Å². The van der Waals surface area contributed by atoms with Crippen LogP contribution in [0.5, 0.6) is 11.5 Å². The summed E-state index contributed by atoms with van der Waals surface area (Å²) >= 11 is 0. The first-order valence-corrected chi connectivity index (χ1v) is 14.1. The SMILES string of the molecule is CC(C)c1cc(Nc2nc3cc(Oc4ccnc(C(=O)NCCCN5CCN(C)CC5)c4)ccc3n2C)ccc1F.[HH].[HH]. The molecule has 0 unspecified atom stereocenters. The molecular formula is C31H42FN7O2. The number of hydrogen-bond donors (Lipinski definition) is 2. The average molecular weight is 564 g/mol. The smallest absolute Gasteiger partial charge is 0.270 e. The van der Waals surface area contributed by atoms with Gasteiger partial charge in [-0.3, -0.25) is 9.78 Å². The molecule has 5 rings (SSSR count). The zero-order chi connectivity index (χ0) is 28.9. The van der Waals surface area contributed by atoms with Crippen LogP contribution in [-0.2, 0) is 7.05 Å². The molecule has 1 aliphatic rings. The third-order valence-corrected chi connectivity index (χ3v) is 7.46. The van der Waals surface area contributed by atoms with Crippen LogP contribution in [0, 0.1) is 5.82 Å². The number of carbonyl (C=O) groups is 1. The Kier molecular flexibility index (Phi) is 8.80. The Hall–Kier alpha value is -4.02. The lowest BCUT2D eigenvalue weighted by Gasteiger charge is -2.32. The van der Waals surface area contributed by atoms with Gasteiger partial charge in [0.2, 0.25) is 5.95 Å². The number of aromatic nitrogens is 3. The number of amides is 1. The van der Waals surface area contributed by atoms with Crippen molar-refractivity contribution < 1.29 is 16.8 Å². The van der Waals surface area contributed by atoms with Crippen molar-refractivity contribution in [3.8, 4) is 11.5 Å². The van der Waals surface area contributed by atoms with Crippen molar-refractivity contribution in [2.75, 3.05) is 51.6 Å². The Bertz CT molecular complexity index is 1520. The van der Waals surface area contributed by atoms with E-state index in [1.54, 1.807) is 24.4 Å². The molecule has 10 heteroatoms. The highest BCUT2D eigenvalue weighted by atomic mass is 19.1. The first-order chi connectivity index (χ1) is 19.8. The van der Waals surface area contributed by atoms with Crippen molar-refractivity contribution in [1.29, 1.82) is 0 Å². The zero-order valence-corrected chi connectivity index (χ0v) is 24.2. The molecule has 0 saturated carbocycles. The fraction of sp³-hybridized carbons (Fsp3) is 0.387. The number of nitrogens with one attached hydrogen (secondary N) is 2. The van der Waals surface area contributed by atoms with Gasteiger partial charge in [-0.2, -0.15) is 0 Å². The summed E-state index contributed by atoms with van der Waals surface area (Å²) in [5, 5.41) is 6.27. The van der Waals surface area contributed by atoms with Gasteiger partial charge in [-0.15, -0.1) is 0 Å². The maximum Gasteiger partial charge on any atom is 0.270 e.